The highest BCUT2D eigenvalue weighted by atomic mass is 79.9. The molecule has 1 aromatic heterocycles. The Labute approximate surface area is 204 Å². The van der Waals surface area contributed by atoms with Gasteiger partial charge in [0.2, 0.25) is 5.82 Å². The summed E-state index contributed by atoms with van der Waals surface area (Å²) in [5, 5.41) is 13.9. The maximum absolute atomic E-state index is 15.3. The molecule has 0 bridgehead atoms. The Kier molecular flexibility index (Phi) is 6.02. The molecule has 2 aromatic rings. The van der Waals surface area contributed by atoms with E-state index in [2.05, 4.69) is 26.1 Å². The van der Waals surface area contributed by atoms with Crippen LogP contribution in [0.25, 0.3) is 0 Å². The molecule has 2 N–H and O–H groups in total. The highest BCUT2D eigenvalue weighted by Crippen LogP contribution is 2.37. The van der Waals surface area contributed by atoms with Gasteiger partial charge < -0.3 is 24.8 Å². The number of piperidine rings is 1. The minimum atomic E-state index is -1.11. The van der Waals surface area contributed by atoms with Gasteiger partial charge in [0.1, 0.15) is 11.4 Å². The number of fused-ring (bicyclic) bond motifs is 1. The first kappa shape index (κ1) is 23.4. The number of benzene rings is 1. The third-order valence-electron chi connectivity index (χ3n) is 7.32. The quantitative estimate of drug-likeness (QED) is 0.627. The summed E-state index contributed by atoms with van der Waals surface area (Å²) in [4.78, 5) is 29.9. The lowest BCUT2D eigenvalue weighted by Gasteiger charge is -2.54. The highest BCUT2D eigenvalue weighted by molar-refractivity contribution is 9.10. The number of pyridine rings is 1. The third-order valence-corrected chi connectivity index (χ3v) is 7.82. The maximum atomic E-state index is 15.3. The van der Waals surface area contributed by atoms with Crippen LogP contribution in [-0.4, -0.2) is 63.7 Å². The second kappa shape index (κ2) is 8.73. The van der Waals surface area contributed by atoms with Crippen LogP contribution in [-0.2, 0) is 13.0 Å². The SMILES string of the molecule is CN1CCCCC1C1(O)CN(C(=O)c2c(Nc3ccc(Br)cc3F)c(F)c(=O)n3c2CCC3)C1. The zero-order chi connectivity index (χ0) is 24.2. The van der Waals surface area contributed by atoms with E-state index in [0.717, 1.165) is 25.8 Å². The van der Waals surface area contributed by atoms with Crippen LogP contribution in [0.3, 0.4) is 0 Å². The largest absolute Gasteiger partial charge is 0.385 e. The van der Waals surface area contributed by atoms with Crippen molar-refractivity contribution >= 4 is 33.2 Å². The number of hydrogen-bond acceptors (Lipinski definition) is 5. The van der Waals surface area contributed by atoms with Crippen molar-refractivity contribution in [2.24, 2.45) is 0 Å². The van der Waals surface area contributed by atoms with E-state index in [4.69, 9.17) is 0 Å². The molecule has 2 fully saturated rings. The molecule has 1 amide bonds. The molecule has 3 aliphatic rings. The molecular weight excluding hydrogens is 510 g/mol. The van der Waals surface area contributed by atoms with Crippen molar-refractivity contribution in [2.75, 3.05) is 32.0 Å². The molecule has 2 saturated heterocycles. The van der Waals surface area contributed by atoms with Crippen LogP contribution in [0.15, 0.2) is 27.5 Å². The van der Waals surface area contributed by atoms with Crippen LogP contribution in [0.4, 0.5) is 20.2 Å². The van der Waals surface area contributed by atoms with Crippen LogP contribution in [0.1, 0.15) is 41.7 Å². The van der Waals surface area contributed by atoms with E-state index in [1.165, 1.54) is 21.6 Å². The Bertz CT molecular complexity index is 1210. The van der Waals surface area contributed by atoms with Crippen LogP contribution in [0.2, 0.25) is 0 Å². The van der Waals surface area contributed by atoms with E-state index in [1.807, 2.05) is 7.05 Å². The van der Waals surface area contributed by atoms with E-state index in [-0.39, 0.29) is 36.1 Å². The zero-order valence-corrected chi connectivity index (χ0v) is 20.5. The second-order valence-electron chi connectivity index (χ2n) is 9.58. The fourth-order valence-corrected chi connectivity index (χ4v) is 5.93. The lowest BCUT2D eigenvalue weighted by atomic mass is 9.80. The van der Waals surface area contributed by atoms with Gasteiger partial charge in [-0.1, -0.05) is 22.4 Å². The number of carbonyl (C=O) groups excluding carboxylic acids is 1. The van der Waals surface area contributed by atoms with Gasteiger partial charge in [-0.25, -0.2) is 4.39 Å². The highest BCUT2D eigenvalue weighted by Gasteiger charge is 2.51. The van der Waals surface area contributed by atoms with Gasteiger partial charge in [0.05, 0.1) is 30.0 Å². The number of β-amino-alcohol motifs (C(OH)–C–C–N with tert-alkyl or cyclic N) is 1. The van der Waals surface area contributed by atoms with Crippen molar-refractivity contribution in [3.05, 3.63) is 55.9 Å². The number of likely N-dealkylation sites (N-methyl/N-ethyl adjacent to an activating group) is 1. The smallest absolute Gasteiger partial charge is 0.289 e. The number of aromatic nitrogens is 1. The van der Waals surface area contributed by atoms with Crippen molar-refractivity contribution in [3.63, 3.8) is 0 Å². The normalized spacial score (nSPS) is 21.8. The summed E-state index contributed by atoms with van der Waals surface area (Å²) in [6, 6.07) is 4.18. The molecule has 4 heterocycles. The molecule has 7 nitrogen and oxygen atoms in total. The predicted octanol–water partition coefficient (Wildman–Crippen LogP) is 3.25. The fourth-order valence-electron chi connectivity index (χ4n) is 5.59. The molecule has 3 aliphatic heterocycles. The summed E-state index contributed by atoms with van der Waals surface area (Å²) in [7, 11) is 1.98. The molecule has 0 spiro atoms. The molecule has 1 aromatic carbocycles. The maximum Gasteiger partial charge on any atom is 0.289 e. The summed E-state index contributed by atoms with van der Waals surface area (Å²) in [6.45, 7) is 1.49. The molecule has 0 radical (unpaired) electrons. The Morgan fingerprint density at radius 1 is 1.21 bits per heavy atom. The van der Waals surface area contributed by atoms with Crippen molar-refractivity contribution in [1.82, 2.24) is 14.4 Å². The Hall–Kier alpha value is -2.30. The van der Waals surface area contributed by atoms with E-state index < -0.39 is 28.7 Å². The van der Waals surface area contributed by atoms with Crippen molar-refractivity contribution in [2.45, 2.75) is 50.3 Å². The number of anilines is 2. The summed E-state index contributed by atoms with van der Waals surface area (Å²) in [5.74, 6) is -2.22. The Morgan fingerprint density at radius 2 is 1.97 bits per heavy atom. The van der Waals surface area contributed by atoms with E-state index in [0.29, 0.717) is 29.6 Å². The number of likely N-dealkylation sites (tertiary alicyclic amines) is 2. The van der Waals surface area contributed by atoms with Crippen LogP contribution in [0.5, 0.6) is 0 Å². The number of aliphatic hydroxyl groups is 1. The first-order valence-corrected chi connectivity index (χ1v) is 12.4. The number of nitrogens with zero attached hydrogens (tertiary/aromatic N) is 3. The lowest BCUT2D eigenvalue weighted by Crippen LogP contribution is -2.72. The molecule has 1 unspecified atom stereocenters. The molecule has 5 rings (SSSR count). The summed E-state index contributed by atoms with van der Waals surface area (Å²) >= 11 is 3.19. The first-order chi connectivity index (χ1) is 16.2. The number of halogens is 3. The average Bonchev–Trinajstić information content (AvgIpc) is 3.26. The summed E-state index contributed by atoms with van der Waals surface area (Å²) in [5.41, 5.74) is -1.72. The van der Waals surface area contributed by atoms with E-state index in [9.17, 15) is 19.1 Å². The van der Waals surface area contributed by atoms with Crippen LogP contribution >= 0.6 is 15.9 Å². The van der Waals surface area contributed by atoms with Gasteiger partial charge in [-0.15, -0.1) is 0 Å². The van der Waals surface area contributed by atoms with Crippen LogP contribution < -0.4 is 10.9 Å². The minimum Gasteiger partial charge on any atom is -0.385 e. The predicted molar refractivity (Wildman–Crippen MR) is 127 cm³/mol. The summed E-state index contributed by atoms with van der Waals surface area (Å²) < 4.78 is 31.6. The van der Waals surface area contributed by atoms with Crippen molar-refractivity contribution in [3.8, 4) is 0 Å². The van der Waals surface area contributed by atoms with Gasteiger partial charge in [-0.05, 0) is 57.5 Å². The molecule has 0 aliphatic carbocycles. The molecule has 1 atom stereocenters. The zero-order valence-electron chi connectivity index (χ0n) is 18.9. The van der Waals surface area contributed by atoms with Crippen molar-refractivity contribution in [1.29, 1.82) is 0 Å². The number of amides is 1. The van der Waals surface area contributed by atoms with Gasteiger partial charge in [-0.2, -0.15) is 4.39 Å². The van der Waals surface area contributed by atoms with Crippen molar-refractivity contribution < 1.29 is 18.7 Å². The lowest BCUT2D eigenvalue weighted by molar-refractivity contribution is -0.135. The molecule has 182 valence electrons. The average molecular weight is 537 g/mol. The van der Waals surface area contributed by atoms with Gasteiger partial charge in [0, 0.05) is 22.8 Å². The van der Waals surface area contributed by atoms with Crippen LogP contribution in [0, 0.1) is 11.6 Å². The van der Waals surface area contributed by atoms with Gasteiger partial charge in [-0.3, -0.25) is 9.59 Å². The third kappa shape index (κ3) is 3.85. The summed E-state index contributed by atoms with van der Waals surface area (Å²) in [6.07, 6.45) is 4.02. The standard InChI is InChI=1S/C24H27BrF2N4O3/c1-29-9-3-2-6-18(29)24(34)12-30(13-24)22(32)19-17-5-4-10-31(17)23(33)20(27)21(19)28-16-8-7-14(25)11-15(16)26/h7-8,11,18,28,34H,2-6,9-10,12-13H2,1H3. The van der Waals surface area contributed by atoms with Gasteiger partial charge in [0.15, 0.2) is 0 Å². The topological polar surface area (TPSA) is 77.8 Å². The van der Waals surface area contributed by atoms with Gasteiger partial charge >= 0.3 is 0 Å². The fraction of sp³-hybridized carbons (Fsp3) is 0.500. The number of rotatable bonds is 4. The number of nitrogens with one attached hydrogen (secondary N) is 1. The number of hydrogen-bond donors (Lipinski definition) is 2. The first-order valence-electron chi connectivity index (χ1n) is 11.6. The van der Waals surface area contributed by atoms with E-state index in [1.54, 1.807) is 6.07 Å². The monoisotopic (exact) mass is 536 g/mol. The Morgan fingerprint density at radius 3 is 2.68 bits per heavy atom. The molecule has 34 heavy (non-hydrogen) atoms. The minimum absolute atomic E-state index is 0.0379. The second-order valence-corrected chi connectivity index (χ2v) is 10.5. The van der Waals surface area contributed by atoms with Gasteiger partial charge in [0.25, 0.3) is 11.5 Å². The molecular formula is C24H27BrF2N4O3. The molecule has 10 heteroatoms. The van der Waals surface area contributed by atoms with E-state index >= 15 is 4.39 Å². The Balaban J connectivity index is 1.50. The number of carbonyl (C=O) groups is 1. The molecule has 0 saturated carbocycles.